The van der Waals surface area contributed by atoms with Gasteiger partial charge in [-0.15, -0.1) is 0 Å². The topological polar surface area (TPSA) is 58.6 Å². The molecule has 0 spiro atoms. The van der Waals surface area contributed by atoms with Crippen LogP contribution in [0.1, 0.15) is 6.92 Å². The normalized spacial score (nSPS) is 14.6. The highest BCUT2D eigenvalue weighted by Crippen LogP contribution is 2.36. The van der Waals surface area contributed by atoms with Crippen LogP contribution in [0, 0.1) is 0 Å². The van der Waals surface area contributed by atoms with E-state index in [1.165, 1.54) is 4.90 Å². The van der Waals surface area contributed by atoms with Crippen molar-refractivity contribution in [2.24, 2.45) is 0 Å². The molecule has 1 heterocycles. The molecule has 0 saturated heterocycles. The number of rotatable bonds is 3. The van der Waals surface area contributed by atoms with Crippen LogP contribution in [0.3, 0.4) is 0 Å². The van der Waals surface area contributed by atoms with Gasteiger partial charge in [0.15, 0.2) is 6.61 Å². The summed E-state index contributed by atoms with van der Waals surface area (Å²) in [7, 11) is 0. The first-order valence-electron chi connectivity index (χ1n) is 7.37. The molecule has 0 saturated carbocycles. The lowest BCUT2D eigenvalue weighted by Gasteiger charge is -2.33. The second-order valence-corrected chi connectivity index (χ2v) is 6.73. The number of amides is 2. The Morgan fingerprint density at radius 1 is 1.16 bits per heavy atom. The molecule has 0 aliphatic carbocycles. The zero-order chi connectivity index (χ0) is 18.1. The number of fused-ring (bicyclic) bond motifs is 1. The molecule has 2 aromatic rings. The van der Waals surface area contributed by atoms with E-state index in [0.717, 1.165) is 0 Å². The Hall–Kier alpha value is -1.95. The van der Waals surface area contributed by atoms with Crippen molar-refractivity contribution in [2.45, 2.75) is 13.0 Å². The van der Waals surface area contributed by atoms with Gasteiger partial charge in [0.1, 0.15) is 11.8 Å². The predicted molar refractivity (Wildman–Crippen MR) is 99.0 cm³/mol. The molecule has 2 aromatic carbocycles. The van der Waals surface area contributed by atoms with E-state index in [-0.39, 0.29) is 12.5 Å². The number of nitrogens with zero attached hydrogens (tertiary/aromatic N) is 1. The summed E-state index contributed by atoms with van der Waals surface area (Å²) in [5.74, 6) is -0.260. The number of hydrogen-bond donors (Lipinski definition) is 1. The van der Waals surface area contributed by atoms with Crippen molar-refractivity contribution in [3.63, 3.8) is 0 Å². The van der Waals surface area contributed by atoms with Gasteiger partial charge in [-0.05, 0) is 43.3 Å². The van der Waals surface area contributed by atoms with Gasteiger partial charge >= 0.3 is 0 Å². The molecule has 25 heavy (non-hydrogen) atoms. The standard InChI is InChI=1S/C17H13Cl3N2O3/c1-9(17(24)21-13-6-10(18)2-4-12(13)20)22-14-7-11(19)3-5-15(14)25-8-16(22)23/h2-7,9H,8H2,1H3,(H,21,24)/t9-/m0/s1. The smallest absolute Gasteiger partial charge is 0.265 e. The molecule has 0 bridgehead atoms. The van der Waals surface area contributed by atoms with E-state index < -0.39 is 11.9 Å². The molecular weight excluding hydrogens is 387 g/mol. The molecule has 1 atom stereocenters. The maximum Gasteiger partial charge on any atom is 0.265 e. The Kier molecular flexibility index (Phi) is 5.08. The lowest BCUT2D eigenvalue weighted by molar-refractivity contribution is -0.125. The van der Waals surface area contributed by atoms with E-state index >= 15 is 0 Å². The second kappa shape index (κ2) is 7.12. The van der Waals surface area contributed by atoms with Gasteiger partial charge < -0.3 is 10.1 Å². The Morgan fingerprint density at radius 3 is 2.60 bits per heavy atom. The van der Waals surface area contributed by atoms with Crippen LogP contribution in [0.4, 0.5) is 11.4 Å². The summed E-state index contributed by atoms with van der Waals surface area (Å²) in [6.45, 7) is 1.46. The summed E-state index contributed by atoms with van der Waals surface area (Å²) in [5.41, 5.74) is 0.821. The Bertz CT molecular complexity index is 857. The van der Waals surface area contributed by atoms with E-state index in [1.807, 2.05) is 0 Å². The first kappa shape index (κ1) is 17.9. The number of carbonyl (C=O) groups excluding carboxylic acids is 2. The number of hydrogen-bond acceptors (Lipinski definition) is 3. The van der Waals surface area contributed by atoms with Crippen LogP contribution >= 0.6 is 34.8 Å². The highest BCUT2D eigenvalue weighted by molar-refractivity contribution is 6.35. The zero-order valence-corrected chi connectivity index (χ0v) is 15.3. The minimum Gasteiger partial charge on any atom is -0.482 e. The minimum atomic E-state index is -0.802. The molecule has 3 rings (SSSR count). The molecule has 130 valence electrons. The molecule has 0 aromatic heterocycles. The quantitative estimate of drug-likeness (QED) is 0.832. The summed E-state index contributed by atoms with van der Waals surface area (Å²) in [6, 6.07) is 8.85. The lowest BCUT2D eigenvalue weighted by Crippen LogP contribution is -2.49. The van der Waals surface area contributed by atoms with Crippen molar-refractivity contribution in [1.29, 1.82) is 0 Å². The Labute approximate surface area is 159 Å². The first-order valence-corrected chi connectivity index (χ1v) is 8.50. The highest BCUT2D eigenvalue weighted by Gasteiger charge is 2.33. The van der Waals surface area contributed by atoms with Gasteiger partial charge in [-0.2, -0.15) is 0 Å². The van der Waals surface area contributed by atoms with Gasteiger partial charge in [-0.3, -0.25) is 14.5 Å². The number of anilines is 2. The van der Waals surface area contributed by atoms with Crippen LogP contribution in [0.2, 0.25) is 15.1 Å². The van der Waals surface area contributed by atoms with Crippen molar-refractivity contribution in [3.05, 3.63) is 51.5 Å². The Morgan fingerprint density at radius 2 is 1.84 bits per heavy atom. The fourth-order valence-corrected chi connectivity index (χ4v) is 3.02. The van der Waals surface area contributed by atoms with Crippen LogP contribution in [0.5, 0.6) is 5.75 Å². The van der Waals surface area contributed by atoms with Crippen LogP contribution in [0.25, 0.3) is 0 Å². The van der Waals surface area contributed by atoms with Gasteiger partial charge in [0.05, 0.1) is 16.4 Å². The van der Waals surface area contributed by atoms with Crippen molar-refractivity contribution >= 4 is 58.0 Å². The number of ether oxygens (including phenoxy) is 1. The number of carbonyl (C=O) groups is 2. The monoisotopic (exact) mass is 398 g/mol. The van der Waals surface area contributed by atoms with Crippen molar-refractivity contribution in [1.82, 2.24) is 0 Å². The van der Waals surface area contributed by atoms with Crippen LogP contribution in [-0.4, -0.2) is 24.5 Å². The maximum absolute atomic E-state index is 12.6. The highest BCUT2D eigenvalue weighted by atomic mass is 35.5. The van der Waals surface area contributed by atoms with Gasteiger partial charge in [0, 0.05) is 10.0 Å². The lowest BCUT2D eigenvalue weighted by atomic mass is 10.1. The fraction of sp³-hybridized carbons (Fsp3) is 0.176. The Balaban J connectivity index is 1.88. The molecule has 8 heteroatoms. The second-order valence-electron chi connectivity index (χ2n) is 5.45. The molecule has 1 aliphatic rings. The van der Waals surface area contributed by atoms with Crippen molar-refractivity contribution in [2.75, 3.05) is 16.8 Å². The maximum atomic E-state index is 12.6. The molecule has 5 nitrogen and oxygen atoms in total. The molecule has 2 amide bonds. The molecule has 0 radical (unpaired) electrons. The van der Waals surface area contributed by atoms with Crippen LogP contribution in [-0.2, 0) is 9.59 Å². The van der Waals surface area contributed by atoms with E-state index in [9.17, 15) is 9.59 Å². The molecule has 1 N–H and O–H groups in total. The van der Waals surface area contributed by atoms with Crippen molar-refractivity contribution < 1.29 is 14.3 Å². The molecule has 0 unspecified atom stereocenters. The molecular formula is C17H13Cl3N2O3. The van der Waals surface area contributed by atoms with E-state index in [1.54, 1.807) is 43.3 Å². The fourth-order valence-electron chi connectivity index (χ4n) is 2.52. The number of halogens is 3. The third kappa shape index (κ3) is 3.68. The zero-order valence-electron chi connectivity index (χ0n) is 13.1. The summed E-state index contributed by atoms with van der Waals surface area (Å²) in [4.78, 5) is 26.3. The third-order valence-corrected chi connectivity index (χ3v) is 4.55. The van der Waals surface area contributed by atoms with Crippen LogP contribution < -0.4 is 15.0 Å². The first-order chi connectivity index (χ1) is 11.9. The van der Waals surface area contributed by atoms with E-state index in [0.29, 0.717) is 32.2 Å². The van der Waals surface area contributed by atoms with Gasteiger partial charge in [-0.25, -0.2) is 0 Å². The number of benzene rings is 2. The summed E-state index contributed by atoms with van der Waals surface area (Å²) in [6.07, 6.45) is 0. The summed E-state index contributed by atoms with van der Waals surface area (Å²) < 4.78 is 5.38. The average Bonchev–Trinajstić information content (AvgIpc) is 2.57. The summed E-state index contributed by atoms with van der Waals surface area (Å²) in [5, 5.41) is 3.91. The third-order valence-electron chi connectivity index (χ3n) is 3.75. The predicted octanol–water partition coefficient (Wildman–Crippen LogP) is 4.40. The average molecular weight is 400 g/mol. The summed E-state index contributed by atoms with van der Waals surface area (Å²) >= 11 is 18.0. The van der Waals surface area contributed by atoms with Crippen LogP contribution in [0.15, 0.2) is 36.4 Å². The molecule has 1 aliphatic heterocycles. The van der Waals surface area contributed by atoms with E-state index in [2.05, 4.69) is 5.32 Å². The number of nitrogens with one attached hydrogen (secondary N) is 1. The van der Waals surface area contributed by atoms with Crippen molar-refractivity contribution in [3.8, 4) is 5.75 Å². The van der Waals surface area contributed by atoms with Gasteiger partial charge in [0.25, 0.3) is 5.91 Å². The van der Waals surface area contributed by atoms with Gasteiger partial charge in [-0.1, -0.05) is 34.8 Å². The molecule has 0 fully saturated rings. The van der Waals surface area contributed by atoms with Gasteiger partial charge in [0.2, 0.25) is 5.91 Å². The minimum absolute atomic E-state index is 0.149. The largest absolute Gasteiger partial charge is 0.482 e. The van der Waals surface area contributed by atoms with E-state index in [4.69, 9.17) is 39.5 Å². The SMILES string of the molecule is C[C@@H](C(=O)Nc1cc(Cl)ccc1Cl)N1C(=O)COc2ccc(Cl)cc21.